The number of nitrogens with zero attached hydrogens (tertiary/aromatic N) is 2. The van der Waals surface area contributed by atoms with Crippen LogP contribution >= 0.6 is 23.8 Å². The highest BCUT2D eigenvalue weighted by atomic mass is 35.5. The Bertz CT molecular complexity index is 1060. The third kappa shape index (κ3) is 4.28. The van der Waals surface area contributed by atoms with E-state index >= 15 is 0 Å². The topological polar surface area (TPSA) is 44.8 Å². The molecule has 31 heavy (non-hydrogen) atoms. The largest absolute Gasteiger partial charge is 0.378 e. The molecule has 2 aromatic carbocycles. The number of ether oxygens (including phenoxy) is 1. The van der Waals surface area contributed by atoms with Gasteiger partial charge in [-0.3, -0.25) is 9.69 Å². The second kappa shape index (κ2) is 8.90. The number of carbonyl (C=O) groups is 1. The Morgan fingerprint density at radius 3 is 2.48 bits per heavy atom. The zero-order chi connectivity index (χ0) is 22.1. The summed E-state index contributed by atoms with van der Waals surface area (Å²) in [5.74, 6) is -1.08. The van der Waals surface area contributed by atoms with Crippen LogP contribution in [-0.2, 0) is 9.53 Å². The van der Waals surface area contributed by atoms with E-state index in [1.54, 1.807) is 34.9 Å². The zero-order valence-corrected chi connectivity index (χ0v) is 18.3. The minimum absolute atomic E-state index is 0.0465. The molecule has 2 aromatic rings. The number of hydrogen-bond acceptors (Lipinski definition) is 3. The average molecular weight is 464 g/mol. The number of nitrogens with one attached hydrogen (secondary N) is 1. The molecule has 2 aliphatic heterocycles. The minimum atomic E-state index is -0.560. The van der Waals surface area contributed by atoms with E-state index in [0.717, 1.165) is 0 Å². The number of amides is 1. The summed E-state index contributed by atoms with van der Waals surface area (Å²) in [6, 6.07) is 9.65. The lowest BCUT2D eigenvalue weighted by Gasteiger charge is -2.40. The Balaban J connectivity index is 1.82. The molecule has 0 spiro atoms. The van der Waals surface area contributed by atoms with Crippen LogP contribution in [0.3, 0.4) is 0 Å². The molecule has 2 heterocycles. The first-order valence-corrected chi connectivity index (χ1v) is 10.5. The maximum absolute atomic E-state index is 13.7. The molecule has 1 unspecified atom stereocenters. The van der Waals surface area contributed by atoms with Gasteiger partial charge in [-0.25, -0.2) is 8.78 Å². The van der Waals surface area contributed by atoms with Crippen LogP contribution in [-0.4, -0.2) is 42.2 Å². The van der Waals surface area contributed by atoms with E-state index in [0.29, 0.717) is 53.9 Å². The number of carbonyl (C=O) groups excluding carboxylic acids is 1. The fraction of sp³-hybridized carbons (Fsp3) is 0.273. The summed E-state index contributed by atoms with van der Waals surface area (Å²) in [6.45, 7) is 3.65. The molecule has 162 valence electrons. The molecular formula is C22H20ClF2N3O2S. The van der Waals surface area contributed by atoms with Gasteiger partial charge in [0.25, 0.3) is 5.91 Å². The summed E-state index contributed by atoms with van der Waals surface area (Å²) in [7, 11) is 0. The summed E-state index contributed by atoms with van der Waals surface area (Å²) in [5.41, 5.74) is 2.31. The van der Waals surface area contributed by atoms with Crippen molar-refractivity contribution in [1.29, 1.82) is 0 Å². The molecule has 5 nitrogen and oxygen atoms in total. The maximum Gasteiger partial charge on any atom is 0.254 e. The fourth-order valence-electron chi connectivity index (χ4n) is 3.80. The molecular weight excluding hydrogens is 444 g/mol. The van der Waals surface area contributed by atoms with E-state index in [4.69, 9.17) is 28.6 Å². The van der Waals surface area contributed by atoms with Crippen molar-refractivity contribution in [2.45, 2.75) is 13.0 Å². The van der Waals surface area contributed by atoms with Gasteiger partial charge in [0.15, 0.2) is 5.11 Å². The quantitative estimate of drug-likeness (QED) is 0.692. The van der Waals surface area contributed by atoms with Gasteiger partial charge >= 0.3 is 0 Å². The van der Waals surface area contributed by atoms with Crippen LogP contribution in [0.1, 0.15) is 18.5 Å². The van der Waals surface area contributed by atoms with Gasteiger partial charge in [-0.05, 0) is 55.0 Å². The maximum atomic E-state index is 13.7. The van der Waals surface area contributed by atoms with Crippen LogP contribution in [0.5, 0.6) is 0 Å². The summed E-state index contributed by atoms with van der Waals surface area (Å²) in [5, 5.41) is 3.48. The third-order valence-electron chi connectivity index (χ3n) is 5.38. The van der Waals surface area contributed by atoms with Crippen LogP contribution in [0.4, 0.5) is 14.5 Å². The molecule has 1 fully saturated rings. The highest BCUT2D eigenvalue weighted by Crippen LogP contribution is 2.35. The molecule has 0 aromatic heterocycles. The van der Waals surface area contributed by atoms with Crippen molar-refractivity contribution in [2.75, 3.05) is 31.2 Å². The van der Waals surface area contributed by atoms with Crippen LogP contribution in [0, 0.1) is 11.6 Å². The first-order chi connectivity index (χ1) is 14.9. The van der Waals surface area contributed by atoms with Gasteiger partial charge in [-0.15, -0.1) is 0 Å². The number of hydrogen-bond donors (Lipinski definition) is 1. The first-order valence-electron chi connectivity index (χ1n) is 9.75. The Morgan fingerprint density at radius 2 is 1.84 bits per heavy atom. The van der Waals surface area contributed by atoms with E-state index in [1.807, 2.05) is 0 Å². The Kier molecular flexibility index (Phi) is 6.22. The molecule has 9 heteroatoms. The smallest absolute Gasteiger partial charge is 0.254 e. The van der Waals surface area contributed by atoms with Gasteiger partial charge in [0.1, 0.15) is 11.6 Å². The summed E-state index contributed by atoms with van der Waals surface area (Å²) in [6.07, 6.45) is 0. The van der Waals surface area contributed by atoms with E-state index in [9.17, 15) is 13.6 Å². The number of thiocarbonyl (C=S) groups is 1. The van der Waals surface area contributed by atoms with Gasteiger partial charge in [0, 0.05) is 24.5 Å². The number of halogens is 3. The van der Waals surface area contributed by atoms with Crippen LogP contribution < -0.4 is 10.2 Å². The lowest BCUT2D eigenvalue weighted by molar-refractivity contribution is -0.131. The van der Waals surface area contributed by atoms with Crippen LogP contribution in [0.15, 0.2) is 53.7 Å². The number of benzene rings is 2. The second-order valence-corrected chi connectivity index (χ2v) is 8.07. The molecule has 1 N–H and O–H groups in total. The Labute approximate surface area is 189 Å². The predicted molar refractivity (Wildman–Crippen MR) is 119 cm³/mol. The van der Waals surface area contributed by atoms with Crippen LogP contribution in [0.2, 0.25) is 5.02 Å². The van der Waals surface area contributed by atoms with E-state index < -0.39 is 11.9 Å². The second-order valence-electron chi connectivity index (χ2n) is 7.27. The highest BCUT2D eigenvalue weighted by molar-refractivity contribution is 7.80. The van der Waals surface area contributed by atoms with Gasteiger partial charge < -0.3 is 15.0 Å². The van der Waals surface area contributed by atoms with Crippen molar-refractivity contribution in [2.24, 2.45) is 0 Å². The van der Waals surface area contributed by atoms with Crippen LogP contribution in [0.25, 0.3) is 0 Å². The molecule has 0 aliphatic carbocycles. The Morgan fingerprint density at radius 1 is 1.16 bits per heavy atom. The first kappa shape index (κ1) is 21.7. The van der Waals surface area contributed by atoms with E-state index in [-0.39, 0.29) is 16.7 Å². The molecule has 0 bridgehead atoms. The number of allylic oxidation sites excluding steroid dienone is 1. The summed E-state index contributed by atoms with van der Waals surface area (Å²) >= 11 is 11.6. The van der Waals surface area contributed by atoms with Crippen molar-refractivity contribution >= 4 is 40.5 Å². The average Bonchev–Trinajstić information content (AvgIpc) is 2.76. The SMILES string of the molecule is CC1=C(C(=O)N2CCOCC2)C(c2ccc(F)cc2)NC(=S)N1c1ccc(F)c(Cl)c1. The lowest BCUT2D eigenvalue weighted by Crippen LogP contribution is -2.51. The molecule has 2 aliphatic rings. The Hall–Kier alpha value is -2.55. The van der Waals surface area contributed by atoms with Crippen molar-refractivity contribution in [3.05, 3.63) is 76.0 Å². The normalized spacial score (nSPS) is 19.5. The monoisotopic (exact) mass is 463 g/mol. The van der Waals surface area contributed by atoms with Gasteiger partial charge in [0.05, 0.1) is 29.9 Å². The zero-order valence-electron chi connectivity index (χ0n) is 16.7. The lowest BCUT2D eigenvalue weighted by atomic mass is 9.93. The van der Waals surface area contributed by atoms with Crippen molar-refractivity contribution < 1.29 is 18.3 Å². The molecule has 4 rings (SSSR count). The van der Waals surface area contributed by atoms with Crippen molar-refractivity contribution in [1.82, 2.24) is 10.2 Å². The van der Waals surface area contributed by atoms with E-state index in [1.165, 1.54) is 24.3 Å². The van der Waals surface area contributed by atoms with Crippen molar-refractivity contribution in [3.8, 4) is 0 Å². The van der Waals surface area contributed by atoms with Crippen molar-refractivity contribution in [3.63, 3.8) is 0 Å². The van der Waals surface area contributed by atoms with Gasteiger partial charge in [0.2, 0.25) is 0 Å². The third-order valence-corrected chi connectivity index (χ3v) is 5.97. The minimum Gasteiger partial charge on any atom is -0.378 e. The number of rotatable bonds is 3. The standard InChI is InChI=1S/C22H20ClF2N3O2S/c1-13-19(21(29)27-8-10-30-11-9-27)20(14-2-4-15(24)5-3-14)26-22(31)28(13)16-6-7-18(25)17(23)12-16/h2-7,12,20H,8-11H2,1H3,(H,26,31). The summed E-state index contributed by atoms with van der Waals surface area (Å²) < 4.78 is 32.6. The predicted octanol–water partition coefficient (Wildman–Crippen LogP) is 4.19. The summed E-state index contributed by atoms with van der Waals surface area (Å²) in [4.78, 5) is 16.9. The van der Waals surface area contributed by atoms with E-state index in [2.05, 4.69) is 5.32 Å². The fourth-order valence-corrected chi connectivity index (χ4v) is 4.33. The highest BCUT2D eigenvalue weighted by Gasteiger charge is 2.37. The number of morpholine rings is 1. The van der Waals surface area contributed by atoms with Gasteiger partial charge in [-0.2, -0.15) is 0 Å². The molecule has 0 saturated carbocycles. The molecule has 1 atom stereocenters. The number of anilines is 1. The molecule has 0 radical (unpaired) electrons. The molecule has 1 saturated heterocycles. The van der Waals surface area contributed by atoms with Gasteiger partial charge in [-0.1, -0.05) is 23.7 Å². The molecule has 1 amide bonds.